The first-order chi connectivity index (χ1) is 7.17. The number of fused-ring (bicyclic) bond motifs is 1. The lowest BCUT2D eigenvalue weighted by Gasteiger charge is -2.35. The molecule has 0 aromatic carbocycles. The van der Waals surface area contributed by atoms with E-state index in [1.54, 1.807) is 14.2 Å². The van der Waals surface area contributed by atoms with E-state index in [-0.39, 0.29) is 18.5 Å². The fraction of sp³-hybridized carbons (Fsp3) is 0.900. The van der Waals surface area contributed by atoms with Crippen LogP contribution < -0.4 is 0 Å². The molecule has 15 heavy (non-hydrogen) atoms. The van der Waals surface area contributed by atoms with E-state index in [1.807, 2.05) is 7.05 Å². The van der Waals surface area contributed by atoms with E-state index in [0.29, 0.717) is 12.1 Å². The van der Waals surface area contributed by atoms with Crippen LogP contribution in [0.3, 0.4) is 0 Å². The second kappa shape index (κ2) is 3.98. The van der Waals surface area contributed by atoms with Crippen molar-refractivity contribution in [2.24, 2.45) is 4.99 Å². The van der Waals surface area contributed by atoms with Crippen LogP contribution in [0.1, 0.15) is 13.3 Å². The predicted octanol–water partition coefficient (Wildman–Crippen LogP) is 0.453. The molecule has 0 bridgehead atoms. The molecule has 5 nitrogen and oxygen atoms in total. The summed E-state index contributed by atoms with van der Waals surface area (Å²) in [5.74, 6) is 0. The number of likely N-dealkylation sites (N-methyl/N-ethyl adjacent to an activating group) is 1. The predicted molar refractivity (Wildman–Crippen MR) is 55.7 cm³/mol. The summed E-state index contributed by atoms with van der Waals surface area (Å²) in [7, 11) is 5.37. The van der Waals surface area contributed by atoms with Gasteiger partial charge in [-0.3, -0.25) is 0 Å². The van der Waals surface area contributed by atoms with E-state index in [4.69, 9.17) is 14.2 Å². The molecule has 0 radical (unpaired) electrons. The number of hydrogen-bond acceptors (Lipinski definition) is 4. The summed E-state index contributed by atoms with van der Waals surface area (Å²) in [5.41, 5.74) is 0. The van der Waals surface area contributed by atoms with Crippen LogP contribution in [0.25, 0.3) is 0 Å². The molecule has 0 spiro atoms. The maximum Gasteiger partial charge on any atom is 0.287 e. The second-order valence-corrected chi connectivity index (χ2v) is 4.05. The van der Waals surface area contributed by atoms with E-state index in [2.05, 4.69) is 16.8 Å². The van der Waals surface area contributed by atoms with Crippen LogP contribution in [0, 0.1) is 0 Å². The van der Waals surface area contributed by atoms with E-state index in [9.17, 15) is 0 Å². The van der Waals surface area contributed by atoms with E-state index < -0.39 is 0 Å². The summed E-state index contributed by atoms with van der Waals surface area (Å²) in [5, 5.41) is 0. The Kier molecular flexibility index (Phi) is 2.84. The van der Waals surface area contributed by atoms with Gasteiger partial charge in [0.15, 0.2) is 12.4 Å². The van der Waals surface area contributed by atoms with Gasteiger partial charge in [-0.1, -0.05) is 0 Å². The molecule has 0 saturated carbocycles. The number of nitrogens with zero attached hydrogens (tertiary/aromatic N) is 2. The Morgan fingerprint density at radius 3 is 2.87 bits per heavy atom. The largest absolute Gasteiger partial charge is 0.454 e. The van der Waals surface area contributed by atoms with Gasteiger partial charge in [-0.25, -0.2) is 4.99 Å². The van der Waals surface area contributed by atoms with Crippen molar-refractivity contribution < 1.29 is 14.2 Å². The minimum Gasteiger partial charge on any atom is -0.454 e. The molecule has 2 rings (SSSR count). The third-order valence-corrected chi connectivity index (χ3v) is 3.05. The summed E-state index contributed by atoms with van der Waals surface area (Å²) in [6.07, 6.45) is 0.786. The number of rotatable bonds is 1. The summed E-state index contributed by atoms with van der Waals surface area (Å²) >= 11 is 0. The standard InChI is InChI=1S/C10H18N2O3/c1-6-5-7-8(9(13-4)14-6)15-10(11-2)12(7)3/h6-9H,5H2,1-4H3/b11-10-/t6?,7?,8-,9-/m1/s1. The molecule has 2 unspecified atom stereocenters. The SMILES string of the molecule is C/N=C1\O[C@@H]2C(CC(C)O[C@H]2OC)N1C. The first-order valence-corrected chi connectivity index (χ1v) is 5.22. The molecule has 0 N–H and O–H groups in total. The van der Waals surface area contributed by atoms with Gasteiger partial charge in [0, 0.05) is 21.2 Å². The Bertz CT molecular complexity index is 269. The first kappa shape index (κ1) is 10.7. The van der Waals surface area contributed by atoms with Gasteiger partial charge in [-0.15, -0.1) is 0 Å². The Morgan fingerprint density at radius 2 is 2.27 bits per heavy atom. The minimum atomic E-state index is -0.291. The van der Waals surface area contributed by atoms with E-state index in [0.717, 1.165) is 6.42 Å². The molecule has 2 aliphatic heterocycles. The summed E-state index contributed by atoms with van der Waals surface area (Å²) < 4.78 is 16.7. The van der Waals surface area contributed by atoms with Crippen molar-refractivity contribution >= 4 is 6.02 Å². The number of methoxy groups -OCH3 is 1. The number of ether oxygens (including phenoxy) is 3. The van der Waals surface area contributed by atoms with Crippen LogP contribution >= 0.6 is 0 Å². The maximum atomic E-state index is 5.70. The summed E-state index contributed by atoms with van der Waals surface area (Å²) in [6.45, 7) is 2.05. The normalized spacial score (nSPS) is 42.9. The molecule has 86 valence electrons. The van der Waals surface area contributed by atoms with Gasteiger partial charge in [0.1, 0.15) is 0 Å². The van der Waals surface area contributed by atoms with Gasteiger partial charge in [-0.2, -0.15) is 0 Å². The van der Waals surface area contributed by atoms with Crippen molar-refractivity contribution in [3.05, 3.63) is 0 Å². The average molecular weight is 214 g/mol. The molecule has 4 atom stereocenters. The Labute approximate surface area is 90.0 Å². The molecule has 2 aliphatic rings. The minimum absolute atomic E-state index is 0.0603. The highest BCUT2D eigenvalue weighted by atomic mass is 16.7. The summed E-state index contributed by atoms with van der Waals surface area (Å²) in [6, 6.07) is 0.974. The van der Waals surface area contributed by atoms with Crippen molar-refractivity contribution in [3.63, 3.8) is 0 Å². The van der Waals surface area contributed by atoms with Gasteiger partial charge >= 0.3 is 0 Å². The van der Waals surface area contributed by atoms with Crippen molar-refractivity contribution in [1.82, 2.24) is 4.90 Å². The molecular formula is C10H18N2O3. The van der Waals surface area contributed by atoms with Crippen LogP contribution in [0.2, 0.25) is 0 Å². The molecule has 5 heteroatoms. The van der Waals surface area contributed by atoms with Crippen LogP contribution in [0.15, 0.2) is 4.99 Å². The van der Waals surface area contributed by atoms with Crippen LogP contribution in [-0.4, -0.2) is 56.7 Å². The fourth-order valence-electron chi connectivity index (χ4n) is 2.28. The van der Waals surface area contributed by atoms with Crippen molar-refractivity contribution in [1.29, 1.82) is 0 Å². The number of hydrogen-bond donors (Lipinski definition) is 0. The van der Waals surface area contributed by atoms with Crippen molar-refractivity contribution in [3.8, 4) is 0 Å². The third-order valence-electron chi connectivity index (χ3n) is 3.05. The molecule has 0 aromatic rings. The Morgan fingerprint density at radius 1 is 1.53 bits per heavy atom. The van der Waals surface area contributed by atoms with Crippen molar-refractivity contribution in [2.75, 3.05) is 21.2 Å². The molecule has 2 fully saturated rings. The molecule has 2 heterocycles. The molecule has 0 amide bonds. The molecule has 2 saturated heterocycles. The zero-order chi connectivity index (χ0) is 11.0. The lowest BCUT2D eigenvalue weighted by Crippen LogP contribution is -2.49. The fourth-order valence-corrected chi connectivity index (χ4v) is 2.28. The highest BCUT2D eigenvalue weighted by Gasteiger charge is 2.47. The maximum absolute atomic E-state index is 5.70. The highest BCUT2D eigenvalue weighted by Crippen LogP contribution is 2.31. The van der Waals surface area contributed by atoms with E-state index in [1.165, 1.54) is 0 Å². The van der Waals surface area contributed by atoms with Crippen LogP contribution in [0.4, 0.5) is 0 Å². The molecular weight excluding hydrogens is 196 g/mol. The average Bonchev–Trinajstić information content (AvgIpc) is 2.55. The monoisotopic (exact) mass is 214 g/mol. The number of aliphatic imine (C=N–C) groups is 1. The smallest absolute Gasteiger partial charge is 0.287 e. The van der Waals surface area contributed by atoms with Crippen LogP contribution in [-0.2, 0) is 14.2 Å². The quantitative estimate of drug-likeness (QED) is 0.635. The van der Waals surface area contributed by atoms with Gasteiger partial charge < -0.3 is 19.1 Å². The molecule has 0 aliphatic carbocycles. The lowest BCUT2D eigenvalue weighted by molar-refractivity contribution is -0.223. The van der Waals surface area contributed by atoms with Crippen molar-refractivity contribution in [2.45, 2.75) is 37.9 Å². The van der Waals surface area contributed by atoms with Crippen LogP contribution in [0.5, 0.6) is 0 Å². The van der Waals surface area contributed by atoms with Gasteiger partial charge in [0.2, 0.25) is 0 Å². The lowest BCUT2D eigenvalue weighted by atomic mass is 10.0. The Balaban J connectivity index is 2.19. The third kappa shape index (κ3) is 1.70. The van der Waals surface area contributed by atoms with E-state index >= 15 is 0 Å². The summed E-state index contributed by atoms with van der Waals surface area (Å²) in [4.78, 5) is 6.16. The molecule has 0 aromatic heterocycles. The second-order valence-electron chi connectivity index (χ2n) is 4.05. The topological polar surface area (TPSA) is 43.3 Å². The Hall–Kier alpha value is -0.810. The number of amidine groups is 1. The zero-order valence-corrected chi connectivity index (χ0v) is 9.64. The van der Waals surface area contributed by atoms with Gasteiger partial charge in [0.05, 0.1) is 12.1 Å². The van der Waals surface area contributed by atoms with Gasteiger partial charge in [-0.05, 0) is 13.3 Å². The van der Waals surface area contributed by atoms with Gasteiger partial charge in [0.25, 0.3) is 6.02 Å². The first-order valence-electron chi connectivity index (χ1n) is 5.22. The zero-order valence-electron chi connectivity index (χ0n) is 9.64. The highest BCUT2D eigenvalue weighted by molar-refractivity contribution is 5.76.